The number of aromatic nitrogens is 2. The van der Waals surface area contributed by atoms with Crippen molar-refractivity contribution in [2.45, 2.75) is 11.8 Å². The van der Waals surface area contributed by atoms with Crippen molar-refractivity contribution in [1.29, 1.82) is 0 Å². The Morgan fingerprint density at radius 2 is 1.80 bits per heavy atom. The van der Waals surface area contributed by atoms with Crippen LogP contribution >= 0.6 is 0 Å². The maximum Gasteiger partial charge on any atom is 0.246 e. The van der Waals surface area contributed by atoms with Crippen LogP contribution in [0.1, 0.15) is 5.69 Å². The number of rotatable bonds is 4. The summed E-state index contributed by atoms with van der Waals surface area (Å²) in [6.07, 6.45) is 0. The topological polar surface area (TPSA) is 75.6 Å². The molecule has 0 unspecified atom stereocenters. The first-order chi connectivity index (χ1) is 11.9. The van der Waals surface area contributed by atoms with E-state index < -0.39 is 15.8 Å². The number of nitrogens with zero attached hydrogens (tertiary/aromatic N) is 4. The van der Waals surface area contributed by atoms with E-state index in [1.807, 2.05) is 24.0 Å². The van der Waals surface area contributed by atoms with Crippen LogP contribution in [0.15, 0.2) is 35.2 Å². The van der Waals surface area contributed by atoms with Gasteiger partial charge in [-0.3, -0.25) is 0 Å². The average Bonchev–Trinajstić information content (AvgIpc) is 2.62. The molecule has 1 aromatic heterocycles. The lowest BCUT2D eigenvalue weighted by Crippen LogP contribution is -2.49. The summed E-state index contributed by atoms with van der Waals surface area (Å²) < 4.78 is 45.6. The largest absolute Gasteiger partial charge is 0.495 e. The summed E-state index contributed by atoms with van der Waals surface area (Å²) in [6, 6.07) is 7.21. The van der Waals surface area contributed by atoms with Gasteiger partial charge < -0.3 is 9.64 Å². The molecular formula is C16H19FN4O3S. The summed E-state index contributed by atoms with van der Waals surface area (Å²) in [6.45, 7) is 3.37. The van der Waals surface area contributed by atoms with E-state index in [1.54, 1.807) is 0 Å². The number of hydrogen-bond donors (Lipinski definition) is 0. The standard InChI is InChI=1S/C16H19FN4O3S/c1-12-3-6-16(19-18-12)20-7-9-21(10-8-20)25(22,23)15-11-13(17)4-5-14(15)24-2/h3-6,11H,7-10H2,1-2H3. The van der Waals surface area contributed by atoms with Crippen LogP contribution in [0.2, 0.25) is 0 Å². The molecule has 9 heteroatoms. The van der Waals surface area contributed by atoms with Crippen molar-refractivity contribution < 1.29 is 17.5 Å². The Labute approximate surface area is 146 Å². The minimum absolute atomic E-state index is 0.133. The monoisotopic (exact) mass is 366 g/mol. The SMILES string of the molecule is COc1ccc(F)cc1S(=O)(=O)N1CCN(c2ccc(C)nn2)CC1. The van der Waals surface area contributed by atoms with Gasteiger partial charge in [-0.05, 0) is 37.3 Å². The molecule has 1 fully saturated rings. The van der Waals surface area contributed by atoms with Crippen LogP contribution in [-0.2, 0) is 10.0 Å². The van der Waals surface area contributed by atoms with Crippen LogP contribution in [0.4, 0.5) is 10.2 Å². The highest BCUT2D eigenvalue weighted by molar-refractivity contribution is 7.89. The Morgan fingerprint density at radius 3 is 2.40 bits per heavy atom. The zero-order chi connectivity index (χ0) is 18.0. The van der Waals surface area contributed by atoms with Crippen LogP contribution in [0.5, 0.6) is 5.75 Å². The summed E-state index contributed by atoms with van der Waals surface area (Å²) in [7, 11) is -2.47. The van der Waals surface area contributed by atoms with Crippen molar-refractivity contribution in [2.75, 3.05) is 38.2 Å². The van der Waals surface area contributed by atoms with Crippen molar-refractivity contribution in [3.8, 4) is 5.75 Å². The highest BCUT2D eigenvalue weighted by Gasteiger charge is 2.31. The molecule has 0 bridgehead atoms. The number of methoxy groups -OCH3 is 1. The fraction of sp³-hybridized carbons (Fsp3) is 0.375. The molecule has 0 spiro atoms. The van der Waals surface area contributed by atoms with Crippen molar-refractivity contribution >= 4 is 15.8 Å². The lowest BCUT2D eigenvalue weighted by molar-refractivity contribution is 0.372. The van der Waals surface area contributed by atoms with Crippen molar-refractivity contribution in [3.63, 3.8) is 0 Å². The molecule has 0 radical (unpaired) electrons. The number of anilines is 1. The minimum atomic E-state index is -3.83. The van der Waals surface area contributed by atoms with Gasteiger partial charge in [0.15, 0.2) is 5.82 Å². The van der Waals surface area contributed by atoms with Gasteiger partial charge in [0.05, 0.1) is 12.8 Å². The Morgan fingerprint density at radius 1 is 1.08 bits per heavy atom. The number of benzene rings is 1. The van der Waals surface area contributed by atoms with E-state index in [0.29, 0.717) is 18.9 Å². The van der Waals surface area contributed by atoms with Crippen LogP contribution in [0.3, 0.4) is 0 Å². The number of halogens is 1. The van der Waals surface area contributed by atoms with Crippen molar-refractivity contribution in [2.24, 2.45) is 0 Å². The molecule has 7 nitrogen and oxygen atoms in total. The van der Waals surface area contributed by atoms with Crippen molar-refractivity contribution in [1.82, 2.24) is 14.5 Å². The van der Waals surface area contributed by atoms with E-state index in [1.165, 1.54) is 23.5 Å². The van der Waals surface area contributed by atoms with Crippen LogP contribution in [0.25, 0.3) is 0 Å². The van der Waals surface area contributed by atoms with Gasteiger partial charge in [-0.25, -0.2) is 12.8 Å². The number of ether oxygens (including phenoxy) is 1. The smallest absolute Gasteiger partial charge is 0.246 e. The van der Waals surface area contributed by atoms with E-state index in [9.17, 15) is 12.8 Å². The quantitative estimate of drug-likeness (QED) is 0.815. The van der Waals surface area contributed by atoms with Crippen LogP contribution in [0, 0.1) is 12.7 Å². The van der Waals surface area contributed by atoms with Crippen molar-refractivity contribution in [3.05, 3.63) is 41.8 Å². The molecule has 134 valence electrons. The zero-order valence-corrected chi connectivity index (χ0v) is 14.8. The normalized spacial score (nSPS) is 16.0. The third kappa shape index (κ3) is 3.57. The number of aryl methyl sites for hydroxylation is 1. The lowest BCUT2D eigenvalue weighted by atomic mass is 10.3. The third-order valence-electron chi connectivity index (χ3n) is 4.09. The molecule has 2 heterocycles. The first-order valence-corrected chi connectivity index (χ1v) is 9.25. The van der Waals surface area contributed by atoms with E-state index in [2.05, 4.69) is 10.2 Å². The summed E-state index contributed by atoms with van der Waals surface area (Å²) in [5.41, 5.74) is 0.822. The first-order valence-electron chi connectivity index (χ1n) is 7.81. The predicted molar refractivity (Wildman–Crippen MR) is 90.7 cm³/mol. The second kappa shape index (κ2) is 6.93. The summed E-state index contributed by atoms with van der Waals surface area (Å²) in [5, 5.41) is 8.15. The highest BCUT2D eigenvalue weighted by Crippen LogP contribution is 2.28. The molecule has 0 saturated carbocycles. The molecule has 25 heavy (non-hydrogen) atoms. The highest BCUT2D eigenvalue weighted by atomic mass is 32.2. The van der Waals surface area contributed by atoms with E-state index >= 15 is 0 Å². The summed E-state index contributed by atoms with van der Waals surface area (Å²) in [5.74, 6) is 0.229. The molecule has 2 aromatic rings. The Balaban J connectivity index is 1.78. The van der Waals surface area contributed by atoms with Gasteiger partial charge in [0, 0.05) is 26.2 Å². The van der Waals surface area contributed by atoms with E-state index in [-0.39, 0.29) is 23.7 Å². The second-order valence-corrected chi connectivity index (χ2v) is 7.63. The van der Waals surface area contributed by atoms with Crippen LogP contribution < -0.4 is 9.64 Å². The fourth-order valence-electron chi connectivity index (χ4n) is 2.71. The molecule has 0 aliphatic carbocycles. The zero-order valence-electron chi connectivity index (χ0n) is 14.0. The van der Waals surface area contributed by atoms with Gasteiger partial charge in [-0.1, -0.05) is 0 Å². The van der Waals surface area contributed by atoms with Crippen LogP contribution in [-0.4, -0.2) is 56.2 Å². The lowest BCUT2D eigenvalue weighted by Gasteiger charge is -2.34. The predicted octanol–water partition coefficient (Wildman–Crippen LogP) is 1.44. The van der Waals surface area contributed by atoms with Gasteiger partial charge in [-0.2, -0.15) is 9.40 Å². The van der Waals surface area contributed by atoms with E-state index in [0.717, 1.165) is 11.8 Å². The Hall–Kier alpha value is -2.26. The average molecular weight is 366 g/mol. The molecule has 0 atom stereocenters. The molecule has 1 aromatic carbocycles. The summed E-state index contributed by atoms with van der Waals surface area (Å²) >= 11 is 0. The summed E-state index contributed by atoms with van der Waals surface area (Å²) in [4.78, 5) is 1.82. The third-order valence-corrected chi connectivity index (χ3v) is 6.01. The maximum atomic E-state index is 13.5. The molecule has 1 aliphatic rings. The number of sulfonamides is 1. The molecule has 1 saturated heterocycles. The van der Waals surface area contributed by atoms with Gasteiger partial charge in [-0.15, -0.1) is 5.10 Å². The molecule has 3 rings (SSSR count). The maximum absolute atomic E-state index is 13.5. The first kappa shape index (κ1) is 17.6. The van der Waals surface area contributed by atoms with Gasteiger partial charge >= 0.3 is 0 Å². The Kier molecular flexibility index (Phi) is 4.87. The molecule has 0 amide bonds. The number of piperazine rings is 1. The minimum Gasteiger partial charge on any atom is -0.495 e. The van der Waals surface area contributed by atoms with Gasteiger partial charge in [0.2, 0.25) is 10.0 Å². The fourth-order valence-corrected chi connectivity index (χ4v) is 4.30. The van der Waals surface area contributed by atoms with Gasteiger partial charge in [0.1, 0.15) is 16.5 Å². The van der Waals surface area contributed by atoms with Gasteiger partial charge in [0.25, 0.3) is 0 Å². The molecular weight excluding hydrogens is 347 g/mol. The molecule has 0 N–H and O–H groups in total. The molecule has 1 aliphatic heterocycles. The second-order valence-electron chi connectivity index (χ2n) is 5.72. The Bertz CT molecular complexity index is 850. The van der Waals surface area contributed by atoms with E-state index in [4.69, 9.17) is 4.74 Å². The number of hydrogen-bond acceptors (Lipinski definition) is 6.